The molecule has 0 atom stereocenters. The molecule has 1 saturated heterocycles. The maximum atomic E-state index is 12.0. The van der Waals surface area contributed by atoms with Gasteiger partial charge in [-0.25, -0.2) is 0 Å². The van der Waals surface area contributed by atoms with Crippen LogP contribution in [0.3, 0.4) is 0 Å². The summed E-state index contributed by atoms with van der Waals surface area (Å²) in [5.41, 5.74) is 2.02. The number of carbonyl (C=O) groups excluding carboxylic acids is 1. The van der Waals surface area contributed by atoms with Crippen molar-refractivity contribution in [2.75, 3.05) is 31.1 Å². The molecule has 0 aromatic heterocycles. The Morgan fingerprint density at radius 3 is 2.82 bits per heavy atom. The molecule has 0 radical (unpaired) electrons. The van der Waals surface area contributed by atoms with E-state index in [9.17, 15) is 4.79 Å². The molecule has 1 aliphatic heterocycles. The summed E-state index contributed by atoms with van der Waals surface area (Å²) in [4.78, 5) is 14.4. The Balaban J connectivity index is 1.84. The summed E-state index contributed by atoms with van der Waals surface area (Å²) < 4.78 is 0. The summed E-state index contributed by atoms with van der Waals surface area (Å²) in [6.45, 7) is 5.20. The highest BCUT2D eigenvalue weighted by Gasteiger charge is 2.12. The summed E-state index contributed by atoms with van der Waals surface area (Å²) >= 11 is 2.00. The average Bonchev–Trinajstić information content (AvgIpc) is 2.37. The van der Waals surface area contributed by atoms with E-state index in [1.165, 1.54) is 11.5 Å². The summed E-state index contributed by atoms with van der Waals surface area (Å²) in [6.07, 6.45) is 0.647. The Morgan fingerprint density at radius 2 is 2.12 bits per heavy atom. The number of Topliss-reactive ketones (excluding diaryl/α,β-unsaturated/α-hetero) is 1. The van der Waals surface area contributed by atoms with Gasteiger partial charge in [0.2, 0.25) is 0 Å². The molecule has 0 aliphatic carbocycles. The van der Waals surface area contributed by atoms with Crippen LogP contribution in [0.15, 0.2) is 24.3 Å². The normalized spacial score (nSPS) is 17.0. The molecule has 2 nitrogen and oxygen atoms in total. The molecule has 1 fully saturated rings. The van der Waals surface area contributed by atoms with Crippen LogP contribution in [0, 0.1) is 6.92 Å². The second-order valence-electron chi connectivity index (χ2n) is 4.50. The predicted octanol–water partition coefficient (Wildman–Crippen LogP) is 2.62. The maximum Gasteiger partial charge on any atom is 0.164 e. The number of benzene rings is 1. The van der Waals surface area contributed by atoms with Crippen LogP contribution in [0.2, 0.25) is 0 Å². The quantitative estimate of drug-likeness (QED) is 0.765. The van der Waals surface area contributed by atoms with Gasteiger partial charge in [-0.3, -0.25) is 4.79 Å². The zero-order valence-electron chi connectivity index (χ0n) is 10.3. The van der Waals surface area contributed by atoms with E-state index in [4.69, 9.17) is 0 Å². The highest BCUT2D eigenvalue weighted by atomic mass is 32.2. The zero-order chi connectivity index (χ0) is 12.1. The smallest absolute Gasteiger partial charge is 0.164 e. The van der Waals surface area contributed by atoms with Crippen molar-refractivity contribution < 1.29 is 4.79 Å². The number of hydrogen-bond donors (Lipinski definition) is 0. The number of thioether (sulfide) groups is 1. The number of aryl methyl sites for hydroxylation is 1. The Kier molecular flexibility index (Phi) is 4.63. The molecule has 1 heterocycles. The number of nitrogens with zero attached hydrogens (tertiary/aromatic N) is 1. The molecule has 1 aromatic rings. The third kappa shape index (κ3) is 3.86. The molecule has 1 aromatic carbocycles. The summed E-state index contributed by atoms with van der Waals surface area (Å²) in [5.74, 6) is 2.68. The predicted molar refractivity (Wildman–Crippen MR) is 73.9 cm³/mol. The van der Waals surface area contributed by atoms with E-state index < -0.39 is 0 Å². The van der Waals surface area contributed by atoms with Crippen molar-refractivity contribution in [3.05, 3.63) is 35.4 Å². The van der Waals surface area contributed by atoms with Gasteiger partial charge in [0.15, 0.2) is 5.78 Å². The molecule has 0 bridgehead atoms. The summed E-state index contributed by atoms with van der Waals surface area (Å²) in [7, 11) is 0. The standard InChI is InChI=1S/C14H19NOS/c1-12-3-2-4-13(11-12)14(16)5-6-15-7-9-17-10-8-15/h2-4,11H,5-10H2,1H3. The SMILES string of the molecule is Cc1cccc(C(=O)CCN2CCSCC2)c1. The fourth-order valence-electron chi connectivity index (χ4n) is 2.05. The van der Waals surface area contributed by atoms with Gasteiger partial charge < -0.3 is 4.90 Å². The zero-order valence-corrected chi connectivity index (χ0v) is 11.1. The van der Waals surface area contributed by atoms with Crippen molar-refractivity contribution in [3.63, 3.8) is 0 Å². The second kappa shape index (κ2) is 6.22. The van der Waals surface area contributed by atoms with Gasteiger partial charge in [-0.2, -0.15) is 11.8 Å². The van der Waals surface area contributed by atoms with E-state index in [-0.39, 0.29) is 5.78 Å². The van der Waals surface area contributed by atoms with Gasteiger partial charge in [0.25, 0.3) is 0 Å². The molecule has 92 valence electrons. The number of rotatable bonds is 4. The first-order valence-electron chi connectivity index (χ1n) is 6.16. The maximum absolute atomic E-state index is 12.0. The van der Waals surface area contributed by atoms with Crippen molar-refractivity contribution in [2.45, 2.75) is 13.3 Å². The van der Waals surface area contributed by atoms with Crippen molar-refractivity contribution in [1.82, 2.24) is 4.90 Å². The molecule has 2 rings (SSSR count). The van der Waals surface area contributed by atoms with Crippen molar-refractivity contribution in [1.29, 1.82) is 0 Å². The van der Waals surface area contributed by atoms with Crippen LogP contribution in [0.4, 0.5) is 0 Å². The lowest BCUT2D eigenvalue weighted by atomic mass is 10.1. The third-order valence-electron chi connectivity index (χ3n) is 3.10. The molecule has 17 heavy (non-hydrogen) atoms. The Hall–Kier alpha value is -0.800. The van der Waals surface area contributed by atoms with Crippen LogP contribution in [0.25, 0.3) is 0 Å². The lowest BCUT2D eigenvalue weighted by Crippen LogP contribution is -2.34. The molecule has 0 spiro atoms. The lowest BCUT2D eigenvalue weighted by Gasteiger charge is -2.25. The minimum Gasteiger partial charge on any atom is -0.301 e. The Labute approximate surface area is 107 Å². The van der Waals surface area contributed by atoms with Crippen molar-refractivity contribution in [2.24, 2.45) is 0 Å². The minimum atomic E-state index is 0.270. The van der Waals surface area contributed by atoms with Crippen LogP contribution in [-0.4, -0.2) is 41.8 Å². The van der Waals surface area contributed by atoms with E-state index in [1.54, 1.807) is 0 Å². The van der Waals surface area contributed by atoms with E-state index in [0.29, 0.717) is 6.42 Å². The van der Waals surface area contributed by atoms with Crippen LogP contribution in [-0.2, 0) is 0 Å². The molecule has 3 heteroatoms. The van der Waals surface area contributed by atoms with Gasteiger partial charge in [0, 0.05) is 43.1 Å². The molecular weight excluding hydrogens is 230 g/mol. The van der Waals surface area contributed by atoms with Gasteiger partial charge in [0.1, 0.15) is 0 Å². The van der Waals surface area contributed by atoms with E-state index >= 15 is 0 Å². The minimum absolute atomic E-state index is 0.270. The topological polar surface area (TPSA) is 20.3 Å². The summed E-state index contributed by atoms with van der Waals surface area (Å²) in [5, 5.41) is 0. The van der Waals surface area contributed by atoms with Gasteiger partial charge in [-0.1, -0.05) is 23.8 Å². The molecule has 0 N–H and O–H groups in total. The van der Waals surface area contributed by atoms with E-state index in [2.05, 4.69) is 4.90 Å². The Bertz CT molecular complexity index is 386. The number of ketones is 1. The monoisotopic (exact) mass is 249 g/mol. The number of carbonyl (C=O) groups is 1. The number of hydrogen-bond acceptors (Lipinski definition) is 3. The van der Waals surface area contributed by atoms with Gasteiger partial charge >= 0.3 is 0 Å². The molecule has 1 aliphatic rings. The van der Waals surface area contributed by atoms with E-state index in [0.717, 1.165) is 30.8 Å². The van der Waals surface area contributed by atoms with Crippen LogP contribution < -0.4 is 0 Å². The average molecular weight is 249 g/mol. The summed E-state index contributed by atoms with van der Waals surface area (Å²) in [6, 6.07) is 7.88. The third-order valence-corrected chi connectivity index (χ3v) is 4.04. The fourth-order valence-corrected chi connectivity index (χ4v) is 3.03. The van der Waals surface area contributed by atoms with Crippen LogP contribution in [0.5, 0.6) is 0 Å². The largest absolute Gasteiger partial charge is 0.301 e. The van der Waals surface area contributed by atoms with Crippen LogP contribution >= 0.6 is 11.8 Å². The van der Waals surface area contributed by atoms with E-state index in [1.807, 2.05) is 43.0 Å². The van der Waals surface area contributed by atoms with Crippen LogP contribution in [0.1, 0.15) is 22.3 Å². The van der Waals surface area contributed by atoms with Gasteiger partial charge in [-0.05, 0) is 13.0 Å². The fraction of sp³-hybridized carbons (Fsp3) is 0.500. The van der Waals surface area contributed by atoms with Crippen molar-refractivity contribution in [3.8, 4) is 0 Å². The van der Waals surface area contributed by atoms with Gasteiger partial charge in [-0.15, -0.1) is 0 Å². The second-order valence-corrected chi connectivity index (χ2v) is 5.72. The molecule has 0 amide bonds. The first-order valence-corrected chi connectivity index (χ1v) is 7.31. The first kappa shape index (κ1) is 12.7. The molecular formula is C14H19NOS. The Morgan fingerprint density at radius 1 is 1.35 bits per heavy atom. The highest BCUT2D eigenvalue weighted by Crippen LogP contribution is 2.11. The molecule has 0 saturated carbocycles. The van der Waals surface area contributed by atoms with Gasteiger partial charge in [0.05, 0.1) is 0 Å². The lowest BCUT2D eigenvalue weighted by molar-refractivity contribution is 0.0966. The highest BCUT2D eigenvalue weighted by molar-refractivity contribution is 7.99. The molecule has 0 unspecified atom stereocenters. The van der Waals surface area contributed by atoms with Crippen molar-refractivity contribution >= 4 is 17.5 Å². The first-order chi connectivity index (χ1) is 8.25.